The molecule has 0 fully saturated rings. The van der Waals surface area contributed by atoms with Crippen LogP contribution in [-0.4, -0.2) is 32.8 Å². The van der Waals surface area contributed by atoms with Gasteiger partial charge in [-0.15, -0.1) is 0 Å². The molecule has 0 bridgehead atoms. The number of fused-ring (bicyclic) bond motifs is 18. The molecule has 0 amide bonds. The van der Waals surface area contributed by atoms with Crippen LogP contribution < -0.4 is 4.90 Å². The summed E-state index contributed by atoms with van der Waals surface area (Å²) in [5, 5.41) is 4.75. The fourth-order valence-electron chi connectivity index (χ4n) is 13.4. The average molecular weight is 920 g/mol. The summed E-state index contributed by atoms with van der Waals surface area (Å²) in [6.07, 6.45) is 9.89. The Hall–Kier alpha value is -8.12. The van der Waals surface area contributed by atoms with Gasteiger partial charge >= 0.3 is 0 Å². The van der Waals surface area contributed by atoms with Crippen LogP contribution in [0.1, 0.15) is 46.2 Å². The molecule has 5 aliphatic rings. The Kier molecular flexibility index (Phi) is 8.73. The van der Waals surface area contributed by atoms with E-state index >= 15 is 8.42 Å². The Morgan fingerprint density at radius 3 is 1.60 bits per heavy atom. The van der Waals surface area contributed by atoms with Gasteiger partial charge in [-0.1, -0.05) is 188 Å². The number of hydrogen-bond acceptors (Lipinski definition) is 3. The Morgan fingerprint density at radius 1 is 0.486 bits per heavy atom. The fraction of sp³-hybridized carbons (Fsp3) is 0.0923. The number of rotatable bonds is 5. The number of nitrogens with zero attached hydrogens (tertiary/aromatic N) is 2. The number of likely N-dealkylation sites (N-methyl/N-ethyl adjacent to an activating group) is 1. The first kappa shape index (κ1) is 40.9. The van der Waals surface area contributed by atoms with Gasteiger partial charge in [-0.3, -0.25) is 0 Å². The molecule has 2 aliphatic heterocycles. The van der Waals surface area contributed by atoms with Crippen LogP contribution in [0.15, 0.2) is 251 Å². The molecule has 0 N–H and O–H groups in total. The lowest BCUT2D eigenvalue weighted by molar-refractivity contribution is -0.399. The van der Waals surface area contributed by atoms with E-state index in [-0.39, 0.29) is 0 Å². The van der Waals surface area contributed by atoms with E-state index < -0.39 is 20.7 Å². The molecule has 0 saturated heterocycles. The van der Waals surface area contributed by atoms with Crippen LogP contribution in [0.25, 0.3) is 43.8 Å². The molecule has 0 saturated carbocycles. The first-order chi connectivity index (χ1) is 34.3. The molecule has 5 heteroatoms. The molecule has 9 aromatic carbocycles. The van der Waals surface area contributed by atoms with Gasteiger partial charge in [0.15, 0.2) is 0 Å². The van der Waals surface area contributed by atoms with E-state index in [1.54, 1.807) is 12.1 Å². The van der Waals surface area contributed by atoms with Crippen LogP contribution in [0.3, 0.4) is 0 Å². The van der Waals surface area contributed by atoms with Crippen molar-refractivity contribution < 1.29 is 13.0 Å². The van der Waals surface area contributed by atoms with Crippen molar-refractivity contribution in [2.24, 2.45) is 0 Å². The summed E-state index contributed by atoms with van der Waals surface area (Å²) < 4.78 is 33.2. The van der Waals surface area contributed by atoms with E-state index in [1.165, 1.54) is 88.6 Å². The highest BCUT2D eigenvalue weighted by Crippen LogP contribution is 2.64. The lowest BCUT2D eigenvalue weighted by atomic mass is 9.69. The van der Waals surface area contributed by atoms with Crippen molar-refractivity contribution in [3.63, 3.8) is 0 Å². The topological polar surface area (TPSA) is 40.4 Å². The highest BCUT2D eigenvalue weighted by Gasteiger charge is 2.58. The lowest BCUT2D eigenvalue weighted by Crippen LogP contribution is -2.34. The van der Waals surface area contributed by atoms with Crippen LogP contribution in [0.4, 0.5) is 11.4 Å². The van der Waals surface area contributed by atoms with Crippen molar-refractivity contribution in [2.75, 3.05) is 19.0 Å². The molecule has 2 spiro atoms. The second-order valence-corrected chi connectivity index (χ2v) is 21.2. The first-order valence-electron chi connectivity index (χ1n) is 24.3. The van der Waals surface area contributed by atoms with Crippen LogP contribution in [0.5, 0.6) is 0 Å². The SMILES string of the molecule is CN1C(=CC=C2CCC(C=CC3=[N+](C)c4c(ccc5ccccc45)C34c3ccccc3-c3ccccc34)=C2S(=O)(=O)c2ccccc2)C2(c3ccccc3-c3ccccc32)c2ccc3ccccc3c21. The molecular weight excluding hydrogens is 873 g/mol. The minimum absolute atomic E-state index is 0.294. The number of benzene rings is 9. The van der Waals surface area contributed by atoms with E-state index in [4.69, 9.17) is 0 Å². The number of allylic oxidation sites excluding steroid dienone is 7. The second-order valence-electron chi connectivity index (χ2n) is 19.3. The molecule has 334 valence electrons. The smallest absolute Gasteiger partial charge is 0.218 e. The maximum absolute atomic E-state index is 15.4. The van der Waals surface area contributed by atoms with E-state index in [1.807, 2.05) is 18.2 Å². The molecule has 0 radical (unpaired) electrons. The quantitative estimate of drug-likeness (QED) is 0.162. The minimum Gasteiger partial charge on any atom is -0.346 e. The zero-order valence-electron chi connectivity index (χ0n) is 38.9. The van der Waals surface area contributed by atoms with Crippen molar-refractivity contribution in [1.29, 1.82) is 0 Å². The molecule has 0 atom stereocenters. The normalized spacial score (nSPS) is 17.9. The van der Waals surface area contributed by atoms with Gasteiger partial charge in [-0.25, -0.2) is 8.42 Å². The molecule has 0 aromatic heterocycles. The van der Waals surface area contributed by atoms with Gasteiger partial charge in [0.05, 0.1) is 31.9 Å². The zero-order valence-corrected chi connectivity index (χ0v) is 39.7. The van der Waals surface area contributed by atoms with Gasteiger partial charge in [-0.2, -0.15) is 4.58 Å². The van der Waals surface area contributed by atoms with Crippen LogP contribution in [-0.2, 0) is 20.7 Å². The molecule has 0 unspecified atom stereocenters. The summed E-state index contributed by atoms with van der Waals surface area (Å²) in [6, 6.07) is 70.6. The van der Waals surface area contributed by atoms with Gasteiger partial charge in [0, 0.05) is 24.2 Å². The number of sulfone groups is 1. The Balaban J connectivity index is 0.997. The average Bonchev–Trinajstić information content (AvgIpc) is 4.18. The lowest BCUT2D eigenvalue weighted by Gasteiger charge is -2.31. The van der Waals surface area contributed by atoms with Crippen molar-refractivity contribution in [2.45, 2.75) is 28.6 Å². The van der Waals surface area contributed by atoms with Crippen molar-refractivity contribution in [1.82, 2.24) is 0 Å². The summed E-state index contributed by atoms with van der Waals surface area (Å²) in [5.41, 5.74) is 17.2. The zero-order chi connectivity index (χ0) is 46.9. The number of hydrogen-bond donors (Lipinski definition) is 0. The largest absolute Gasteiger partial charge is 0.346 e. The first-order valence-corrected chi connectivity index (χ1v) is 25.7. The summed E-state index contributed by atoms with van der Waals surface area (Å²) in [7, 11) is 0.385. The predicted octanol–water partition coefficient (Wildman–Crippen LogP) is 14.4. The highest BCUT2D eigenvalue weighted by molar-refractivity contribution is 7.95. The molecular formula is C65H47N2O2S+. The molecule has 2 heterocycles. The number of anilines is 1. The standard InChI is InChI=1S/C65H47N2O2S/c1-66-59(64(57-38-34-42-18-6-8-22-47(42)61(57)66)53-28-14-10-24-49(53)50-25-11-15-29-54(50)64)40-36-44-32-33-45(63(44)70(68,69)46-20-4-3-5-21-46)37-41-60-65(55-30-16-12-26-51(55)52-27-13-17-31-56(52)65)58-39-35-43-19-7-9-23-48(43)62(58)67(60)2/h3-31,34-41H,32-33H2,1-2H3/q+1. The van der Waals surface area contributed by atoms with E-state index in [0.29, 0.717) is 22.6 Å². The third-order valence-corrected chi connectivity index (χ3v) is 18.1. The minimum atomic E-state index is -3.98. The predicted molar refractivity (Wildman–Crippen MR) is 286 cm³/mol. The Labute approximate surface area is 408 Å². The van der Waals surface area contributed by atoms with Crippen LogP contribution in [0, 0.1) is 0 Å². The van der Waals surface area contributed by atoms with Crippen LogP contribution >= 0.6 is 0 Å². The molecule has 14 rings (SSSR count). The van der Waals surface area contributed by atoms with Gasteiger partial charge in [0.1, 0.15) is 12.5 Å². The Morgan fingerprint density at radius 2 is 0.986 bits per heavy atom. The van der Waals surface area contributed by atoms with E-state index in [0.717, 1.165) is 22.6 Å². The highest BCUT2D eigenvalue weighted by atomic mass is 32.2. The van der Waals surface area contributed by atoms with E-state index in [2.05, 4.69) is 218 Å². The maximum Gasteiger partial charge on any atom is 0.218 e. The molecule has 70 heavy (non-hydrogen) atoms. The Bertz CT molecular complexity index is 3970. The van der Waals surface area contributed by atoms with Crippen molar-refractivity contribution >= 4 is 48.5 Å². The summed E-state index contributed by atoms with van der Waals surface area (Å²) >= 11 is 0. The molecule has 3 aliphatic carbocycles. The maximum atomic E-state index is 15.4. The third-order valence-electron chi connectivity index (χ3n) is 16.1. The van der Waals surface area contributed by atoms with Gasteiger partial charge in [0.2, 0.25) is 21.2 Å². The van der Waals surface area contributed by atoms with Gasteiger partial charge in [0.25, 0.3) is 0 Å². The van der Waals surface area contributed by atoms with Crippen LogP contribution in [0.2, 0.25) is 0 Å². The second kappa shape index (κ2) is 14.9. The monoisotopic (exact) mass is 919 g/mol. The molecule has 4 nitrogen and oxygen atoms in total. The fourth-order valence-corrected chi connectivity index (χ4v) is 15.2. The summed E-state index contributed by atoms with van der Waals surface area (Å²) in [4.78, 5) is 3.05. The van der Waals surface area contributed by atoms with Gasteiger partial charge < -0.3 is 4.90 Å². The van der Waals surface area contributed by atoms with Crippen molar-refractivity contribution in [3.8, 4) is 22.3 Å². The van der Waals surface area contributed by atoms with Crippen molar-refractivity contribution in [3.05, 3.63) is 280 Å². The summed E-state index contributed by atoms with van der Waals surface area (Å²) in [5.74, 6) is 0. The molecule has 9 aromatic rings. The summed E-state index contributed by atoms with van der Waals surface area (Å²) in [6.45, 7) is 0. The van der Waals surface area contributed by atoms with E-state index in [9.17, 15) is 0 Å². The third kappa shape index (κ3) is 5.25. The van der Waals surface area contributed by atoms with Gasteiger partial charge in [-0.05, 0) is 115 Å².